The number of thiazole rings is 1. The third kappa shape index (κ3) is 1.96. The predicted octanol–water partition coefficient (Wildman–Crippen LogP) is 4.13. The number of benzene rings is 2. The molecule has 0 aliphatic heterocycles. The summed E-state index contributed by atoms with van der Waals surface area (Å²) >= 11 is 1.32. The summed E-state index contributed by atoms with van der Waals surface area (Å²) in [6.07, 6.45) is 0. The number of para-hydroxylation sites is 1. The predicted molar refractivity (Wildman–Crippen MR) is 74.1 cm³/mol. The molecule has 0 fully saturated rings. The van der Waals surface area contributed by atoms with Crippen molar-refractivity contribution in [1.29, 1.82) is 0 Å². The van der Waals surface area contributed by atoms with Crippen molar-refractivity contribution in [3.8, 4) is 10.6 Å². The molecule has 0 saturated carbocycles. The fourth-order valence-electron chi connectivity index (χ4n) is 1.95. The van der Waals surface area contributed by atoms with Gasteiger partial charge in [0.2, 0.25) is 0 Å². The van der Waals surface area contributed by atoms with Crippen molar-refractivity contribution in [3.05, 3.63) is 47.5 Å². The second-order valence-corrected chi connectivity index (χ2v) is 5.30. The molecule has 0 aliphatic rings. The molecule has 96 valence electrons. The van der Waals surface area contributed by atoms with Crippen LogP contribution in [-0.4, -0.2) is 4.98 Å². The summed E-state index contributed by atoms with van der Waals surface area (Å²) in [5.74, 6) is -0.792. The van der Waals surface area contributed by atoms with E-state index in [1.54, 1.807) is 19.1 Å². The summed E-state index contributed by atoms with van der Waals surface area (Å²) in [4.78, 5) is 4.25. The van der Waals surface area contributed by atoms with Crippen LogP contribution >= 0.6 is 11.3 Å². The number of nitrogens with two attached hydrogens (primary N) is 1. The van der Waals surface area contributed by atoms with E-state index in [-0.39, 0.29) is 5.82 Å². The van der Waals surface area contributed by atoms with Crippen molar-refractivity contribution in [2.45, 2.75) is 6.92 Å². The molecule has 2 aromatic carbocycles. The maximum absolute atomic E-state index is 13.6. The quantitative estimate of drug-likeness (QED) is 0.679. The number of hydrogen-bond acceptors (Lipinski definition) is 3. The smallest absolute Gasteiger partial charge is 0.150 e. The van der Waals surface area contributed by atoms with Gasteiger partial charge in [-0.1, -0.05) is 6.07 Å². The molecule has 0 amide bonds. The molecular formula is C14H10F2N2S. The zero-order valence-corrected chi connectivity index (χ0v) is 10.9. The van der Waals surface area contributed by atoms with E-state index in [0.717, 1.165) is 10.3 Å². The average Bonchev–Trinajstić information content (AvgIpc) is 2.79. The van der Waals surface area contributed by atoms with Crippen LogP contribution in [0.15, 0.2) is 30.3 Å². The van der Waals surface area contributed by atoms with Gasteiger partial charge in [0.25, 0.3) is 0 Å². The Labute approximate surface area is 112 Å². The second-order valence-electron chi connectivity index (χ2n) is 4.27. The second kappa shape index (κ2) is 4.28. The van der Waals surface area contributed by atoms with Crippen molar-refractivity contribution in [2.75, 3.05) is 5.73 Å². The lowest BCUT2D eigenvalue weighted by molar-refractivity contribution is 0.628. The highest BCUT2D eigenvalue weighted by Gasteiger charge is 2.13. The number of hydrogen-bond donors (Lipinski definition) is 1. The van der Waals surface area contributed by atoms with Gasteiger partial charge in [0.05, 0.1) is 4.70 Å². The van der Waals surface area contributed by atoms with Crippen molar-refractivity contribution >= 4 is 27.2 Å². The van der Waals surface area contributed by atoms with Crippen LogP contribution in [-0.2, 0) is 0 Å². The van der Waals surface area contributed by atoms with Crippen LogP contribution in [0, 0.1) is 18.6 Å². The number of halogens is 2. The first-order valence-corrected chi connectivity index (χ1v) is 6.49. The van der Waals surface area contributed by atoms with Gasteiger partial charge < -0.3 is 5.73 Å². The highest BCUT2D eigenvalue weighted by atomic mass is 32.1. The number of anilines is 1. The van der Waals surface area contributed by atoms with E-state index < -0.39 is 5.82 Å². The Morgan fingerprint density at radius 2 is 2.00 bits per heavy atom. The minimum Gasteiger partial charge on any atom is -0.398 e. The third-order valence-electron chi connectivity index (χ3n) is 3.01. The van der Waals surface area contributed by atoms with E-state index >= 15 is 0 Å². The number of nitrogens with zero attached hydrogens (tertiary/aromatic N) is 1. The average molecular weight is 276 g/mol. The van der Waals surface area contributed by atoms with Crippen LogP contribution in [0.25, 0.3) is 20.8 Å². The van der Waals surface area contributed by atoms with Crippen molar-refractivity contribution in [3.63, 3.8) is 0 Å². The fourth-order valence-corrected chi connectivity index (χ4v) is 3.01. The summed E-state index contributed by atoms with van der Waals surface area (Å²) in [5.41, 5.74) is 7.79. The van der Waals surface area contributed by atoms with Crippen molar-refractivity contribution in [2.24, 2.45) is 0 Å². The van der Waals surface area contributed by atoms with Gasteiger partial charge in [-0.25, -0.2) is 13.8 Å². The van der Waals surface area contributed by atoms with Gasteiger partial charge in [0, 0.05) is 11.3 Å². The molecule has 19 heavy (non-hydrogen) atoms. The van der Waals surface area contributed by atoms with Gasteiger partial charge in [0.15, 0.2) is 0 Å². The number of rotatable bonds is 1. The number of aromatic nitrogens is 1. The minimum atomic E-state index is -0.419. The zero-order chi connectivity index (χ0) is 13.6. The molecule has 0 aliphatic carbocycles. The van der Waals surface area contributed by atoms with E-state index in [1.807, 2.05) is 0 Å². The van der Waals surface area contributed by atoms with E-state index in [1.165, 1.54) is 29.5 Å². The standard InChI is InChI=1S/C14H10F2N2S/c1-7-9(5-8(15)6-11(7)17)14-18-13-10(16)3-2-4-12(13)19-14/h2-6H,17H2,1H3. The highest BCUT2D eigenvalue weighted by Crippen LogP contribution is 2.35. The van der Waals surface area contributed by atoms with Crippen molar-refractivity contribution < 1.29 is 8.78 Å². The Balaban J connectivity index is 2.28. The van der Waals surface area contributed by atoms with Crippen LogP contribution in [0.2, 0.25) is 0 Å². The van der Waals surface area contributed by atoms with E-state index in [9.17, 15) is 8.78 Å². The molecule has 3 rings (SSSR count). The van der Waals surface area contributed by atoms with Crippen LogP contribution in [0.3, 0.4) is 0 Å². The first-order chi connectivity index (χ1) is 9.06. The van der Waals surface area contributed by atoms with Gasteiger partial charge in [-0.05, 0) is 36.8 Å². The molecule has 0 atom stereocenters. The molecule has 0 bridgehead atoms. The Morgan fingerprint density at radius 3 is 2.74 bits per heavy atom. The van der Waals surface area contributed by atoms with Gasteiger partial charge in [0.1, 0.15) is 22.2 Å². The van der Waals surface area contributed by atoms with Crippen LogP contribution < -0.4 is 5.73 Å². The van der Waals surface area contributed by atoms with Gasteiger partial charge >= 0.3 is 0 Å². The monoisotopic (exact) mass is 276 g/mol. The van der Waals surface area contributed by atoms with Crippen LogP contribution in [0.4, 0.5) is 14.5 Å². The molecule has 1 heterocycles. The molecule has 0 unspecified atom stereocenters. The normalized spacial score (nSPS) is 11.1. The topological polar surface area (TPSA) is 38.9 Å². The largest absolute Gasteiger partial charge is 0.398 e. The maximum Gasteiger partial charge on any atom is 0.150 e. The molecule has 0 radical (unpaired) electrons. The molecule has 0 spiro atoms. The summed E-state index contributed by atoms with van der Waals surface area (Å²) in [7, 11) is 0. The van der Waals surface area contributed by atoms with E-state index in [0.29, 0.717) is 21.8 Å². The molecular weight excluding hydrogens is 266 g/mol. The Hall–Kier alpha value is -2.01. The molecule has 1 aromatic heterocycles. The van der Waals surface area contributed by atoms with Crippen molar-refractivity contribution in [1.82, 2.24) is 4.98 Å². The molecule has 2 nitrogen and oxygen atoms in total. The maximum atomic E-state index is 13.6. The highest BCUT2D eigenvalue weighted by molar-refractivity contribution is 7.21. The van der Waals surface area contributed by atoms with Gasteiger partial charge in [-0.3, -0.25) is 0 Å². The molecule has 0 saturated heterocycles. The Bertz CT molecular complexity index is 780. The Morgan fingerprint density at radius 1 is 1.21 bits per heavy atom. The fraction of sp³-hybridized carbons (Fsp3) is 0.0714. The summed E-state index contributed by atoms with van der Waals surface area (Å²) in [5, 5.41) is 0.573. The summed E-state index contributed by atoms with van der Waals surface area (Å²) < 4.78 is 27.8. The van der Waals surface area contributed by atoms with Gasteiger partial charge in [-0.2, -0.15) is 0 Å². The minimum absolute atomic E-state index is 0.310. The molecule has 5 heteroatoms. The van der Waals surface area contributed by atoms with E-state index in [4.69, 9.17) is 5.73 Å². The molecule has 2 N–H and O–H groups in total. The molecule has 3 aromatic rings. The first kappa shape index (κ1) is 12.0. The third-order valence-corrected chi connectivity index (χ3v) is 4.07. The summed E-state index contributed by atoms with van der Waals surface area (Å²) in [6, 6.07) is 7.43. The van der Waals surface area contributed by atoms with Crippen LogP contribution in [0.1, 0.15) is 5.56 Å². The lowest BCUT2D eigenvalue weighted by Crippen LogP contribution is -1.94. The Kier molecular flexibility index (Phi) is 2.71. The summed E-state index contributed by atoms with van der Waals surface area (Å²) in [6.45, 7) is 1.80. The van der Waals surface area contributed by atoms with Gasteiger partial charge in [-0.15, -0.1) is 11.3 Å². The SMILES string of the molecule is Cc1c(N)cc(F)cc1-c1nc2c(F)cccc2s1. The zero-order valence-electron chi connectivity index (χ0n) is 10.1. The van der Waals surface area contributed by atoms with E-state index in [2.05, 4.69) is 4.98 Å². The lowest BCUT2D eigenvalue weighted by Gasteiger charge is -2.05. The lowest BCUT2D eigenvalue weighted by atomic mass is 10.1. The van der Waals surface area contributed by atoms with Crippen LogP contribution in [0.5, 0.6) is 0 Å². The number of nitrogen functional groups attached to an aromatic ring is 1. The number of fused-ring (bicyclic) bond motifs is 1. The first-order valence-electron chi connectivity index (χ1n) is 5.67.